The Labute approximate surface area is 218 Å². The topological polar surface area (TPSA) is 212 Å². The predicted octanol–water partition coefficient (Wildman–Crippen LogP) is 1.55. The van der Waals surface area contributed by atoms with Crippen LogP contribution >= 0.6 is 26.8 Å². The molecule has 1 aromatic rings. The van der Waals surface area contributed by atoms with Crippen LogP contribution in [-0.4, -0.2) is 89.0 Å². The summed E-state index contributed by atoms with van der Waals surface area (Å²) in [5.41, 5.74) is 1.45. The first-order chi connectivity index (χ1) is 17.1. The number of anilines is 1. The number of nitrogens with zero attached hydrogens (tertiary/aromatic N) is 2. The first-order valence-electron chi connectivity index (χ1n) is 11.5. The molecule has 0 amide bonds. The Hall–Kier alpha value is -1.21. The molecule has 37 heavy (non-hydrogen) atoms. The van der Waals surface area contributed by atoms with Crippen LogP contribution in [0, 0.1) is 6.92 Å². The molecule has 1 aliphatic heterocycles. The van der Waals surface area contributed by atoms with Gasteiger partial charge in [0, 0.05) is 11.6 Å². The molecule has 0 radical (unpaired) electrons. The normalized spacial score (nSPS) is 30.4. The number of halogens is 1. The number of hydrogen-bond donors (Lipinski definition) is 7. The van der Waals surface area contributed by atoms with Crippen molar-refractivity contribution in [1.29, 1.82) is 0 Å². The van der Waals surface area contributed by atoms with E-state index in [4.69, 9.17) is 30.6 Å². The van der Waals surface area contributed by atoms with E-state index in [0.29, 0.717) is 29.9 Å². The van der Waals surface area contributed by atoms with E-state index >= 15 is 0 Å². The van der Waals surface area contributed by atoms with E-state index in [9.17, 15) is 29.3 Å². The lowest BCUT2D eigenvalue weighted by atomic mass is 9.93. The van der Waals surface area contributed by atoms with Gasteiger partial charge in [0.25, 0.3) is 0 Å². The second kappa shape index (κ2) is 12.3. The third kappa shape index (κ3) is 8.64. The van der Waals surface area contributed by atoms with Crippen LogP contribution in [0.1, 0.15) is 36.9 Å². The Balaban J connectivity index is 1.68. The molecule has 5 atom stereocenters. The largest absolute Gasteiger partial charge is 0.393 e. The quantitative estimate of drug-likeness (QED) is 0.118. The lowest BCUT2D eigenvalue weighted by Gasteiger charge is -2.27. The number of rotatable bonds is 10. The fourth-order valence-electron chi connectivity index (χ4n) is 4.21. The molecule has 3 rings (SSSR count). The highest BCUT2D eigenvalue weighted by atomic mass is 35.5. The summed E-state index contributed by atoms with van der Waals surface area (Å²) in [5.74, 6) is -0.893. The Morgan fingerprint density at radius 3 is 2.43 bits per heavy atom. The van der Waals surface area contributed by atoms with Crippen molar-refractivity contribution in [3.63, 3.8) is 0 Å². The van der Waals surface area contributed by atoms with Crippen LogP contribution in [0.4, 0.5) is 5.82 Å². The zero-order chi connectivity index (χ0) is 27.5. The summed E-state index contributed by atoms with van der Waals surface area (Å²) >= 11 is 6.06. The van der Waals surface area contributed by atoms with Gasteiger partial charge in [-0.25, -0.2) is 9.97 Å². The van der Waals surface area contributed by atoms with E-state index in [2.05, 4.69) is 21.9 Å². The number of aryl methyl sites for hydroxylation is 1. The van der Waals surface area contributed by atoms with Crippen molar-refractivity contribution >= 4 is 38.7 Å². The maximum atomic E-state index is 11.9. The van der Waals surface area contributed by atoms with Gasteiger partial charge in [-0.1, -0.05) is 12.7 Å². The van der Waals surface area contributed by atoms with Gasteiger partial charge >= 0.3 is 15.2 Å². The van der Waals surface area contributed by atoms with Gasteiger partial charge in [-0.15, -0.1) is 0 Å². The molecule has 0 spiro atoms. The van der Waals surface area contributed by atoms with Crippen molar-refractivity contribution in [2.75, 3.05) is 17.8 Å². The molecule has 7 N–H and O–H groups in total. The molecule has 0 bridgehead atoms. The highest BCUT2D eigenvalue weighted by Gasteiger charge is 2.44. The molecule has 16 heteroatoms. The van der Waals surface area contributed by atoms with Gasteiger partial charge in [0.05, 0.1) is 18.4 Å². The molecule has 1 saturated carbocycles. The molecule has 1 aliphatic carbocycles. The summed E-state index contributed by atoms with van der Waals surface area (Å²) < 4.78 is 33.1. The summed E-state index contributed by atoms with van der Waals surface area (Å²) in [6, 6.07) is 0.0908. The first-order valence-corrected chi connectivity index (χ1v) is 15.5. The summed E-state index contributed by atoms with van der Waals surface area (Å²) in [6.07, 6.45) is 0.460. The molecule has 13 nitrogen and oxygen atoms in total. The second-order valence-electron chi connectivity index (χ2n) is 9.21. The zero-order valence-corrected chi connectivity index (χ0v) is 22.6. The minimum Gasteiger partial charge on any atom is -0.393 e. The Morgan fingerprint density at radius 1 is 1.16 bits per heavy atom. The van der Waals surface area contributed by atoms with Crippen LogP contribution in [0.15, 0.2) is 18.2 Å². The third-order valence-electron chi connectivity index (χ3n) is 6.14. The van der Waals surface area contributed by atoms with Gasteiger partial charge in [-0.3, -0.25) is 9.13 Å². The average Bonchev–Trinajstić information content (AvgIpc) is 3.05. The number of ether oxygens (including phenoxy) is 1. The maximum absolute atomic E-state index is 11.9. The molecule has 1 unspecified atom stereocenters. The van der Waals surface area contributed by atoms with E-state index in [0.717, 1.165) is 12.8 Å². The summed E-state index contributed by atoms with van der Waals surface area (Å²) in [6.45, 7) is 4.94. The molecule has 2 heterocycles. The molecular formula is C21H32ClN3O10P2. The Kier molecular flexibility index (Phi) is 10.1. The third-order valence-corrected chi connectivity index (χ3v) is 9.77. The SMILES string of the molecule is C=C(/C=C\c1c(C)nc(Cl)nc1NC1CCC(O)CC1)[C@@H]1O[C@H](COP(=O)(O)CP(=O)(O)O)[C@@H](O)[C@H]1O. The van der Waals surface area contributed by atoms with Crippen molar-refractivity contribution in [1.82, 2.24) is 9.97 Å². The maximum Gasteiger partial charge on any atom is 0.340 e. The van der Waals surface area contributed by atoms with Crippen LogP contribution in [0.3, 0.4) is 0 Å². The lowest BCUT2D eigenvalue weighted by molar-refractivity contribution is -0.00895. The van der Waals surface area contributed by atoms with Crippen LogP contribution in [0.5, 0.6) is 0 Å². The zero-order valence-electron chi connectivity index (χ0n) is 20.1. The van der Waals surface area contributed by atoms with E-state index in [1.807, 2.05) is 0 Å². The van der Waals surface area contributed by atoms with Crippen molar-refractivity contribution in [2.24, 2.45) is 0 Å². The minimum atomic E-state index is -4.82. The first kappa shape index (κ1) is 30.3. The Morgan fingerprint density at radius 2 is 1.81 bits per heavy atom. The number of aliphatic hydroxyl groups is 3. The minimum absolute atomic E-state index is 0.0623. The molecular weight excluding hydrogens is 552 g/mol. The lowest BCUT2D eigenvalue weighted by Crippen LogP contribution is -2.34. The van der Waals surface area contributed by atoms with E-state index < -0.39 is 52.1 Å². The number of nitrogens with one attached hydrogen (secondary N) is 1. The second-order valence-corrected chi connectivity index (χ2v) is 13.5. The fraction of sp³-hybridized carbons (Fsp3) is 0.619. The van der Waals surface area contributed by atoms with Crippen molar-refractivity contribution in [3.8, 4) is 0 Å². The number of aliphatic hydroxyl groups excluding tert-OH is 3. The highest BCUT2D eigenvalue weighted by molar-refractivity contribution is 7.70. The highest BCUT2D eigenvalue weighted by Crippen LogP contribution is 2.55. The number of hydrogen-bond acceptors (Lipinski definition) is 10. The van der Waals surface area contributed by atoms with Gasteiger partial charge in [0.2, 0.25) is 5.28 Å². The van der Waals surface area contributed by atoms with Crippen LogP contribution in [0.25, 0.3) is 6.08 Å². The van der Waals surface area contributed by atoms with Gasteiger partial charge in [0.1, 0.15) is 30.2 Å². The summed E-state index contributed by atoms with van der Waals surface area (Å²) in [5, 5.41) is 33.9. The Bertz CT molecular complexity index is 1110. The van der Waals surface area contributed by atoms with Gasteiger partial charge in [0.15, 0.2) is 5.90 Å². The van der Waals surface area contributed by atoms with Gasteiger partial charge in [-0.05, 0) is 55.9 Å². The molecule has 1 aromatic heterocycles. The molecule has 1 saturated heterocycles. The number of aromatic nitrogens is 2. The standard InChI is InChI=1S/C21H32ClN3O10P2/c1-11(19-18(28)17(27)16(35-19)9-34-37(32,33)10-36(29,30)31)3-8-15-12(2)23-21(22)25-20(15)24-13-4-6-14(26)7-5-13/h3,8,13-14,16-19,26-28H,1,4-7,9-10H2,2H3,(H,32,33)(H,23,24,25)(H2,29,30,31)/b8-3-/t13?,14?,16-,17-,18-,19+/m1/s1. The monoisotopic (exact) mass is 583 g/mol. The summed E-state index contributed by atoms with van der Waals surface area (Å²) in [7, 11) is -9.48. The van der Waals surface area contributed by atoms with E-state index in [-0.39, 0.29) is 23.0 Å². The fourth-order valence-corrected chi connectivity index (χ4v) is 6.99. The predicted molar refractivity (Wildman–Crippen MR) is 135 cm³/mol. The van der Waals surface area contributed by atoms with E-state index in [1.165, 1.54) is 0 Å². The molecule has 2 fully saturated rings. The van der Waals surface area contributed by atoms with Crippen molar-refractivity contribution in [2.45, 2.75) is 69.2 Å². The van der Waals surface area contributed by atoms with Crippen molar-refractivity contribution < 1.29 is 48.4 Å². The molecule has 0 aromatic carbocycles. The van der Waals surface area contributed by atoms with Gasteiger partial charge < -0.3 is 44.6 Å². The smallest absolute Gasteiger partial charge is 0.340 e. The average molecular weight is 584 g/mol. The molecule has 208 valence electrons. The van der Waals surface area contributed by atoms with Gasteiger partial charge in [-0.2, -0.15) is 0 Å². The molecule has 2 aliphatic rings. The van der Waals surface area contributed by atoms with Crippen molar-refractivity contribution in [3.05, 3.63) is 34.8 Å². The van der Waals surface area contributed by atoms with Crippen LogP contribution in [0.2, 0.25) is 5.28 Å². The van der Waals surface area contributed by atoms with Crippen LogP contribution in [-0.2, 0) is 18.4 Å². The van der Waals surface area contributed by atoms with Crippen LogP contribution < -0.4 is 5.32 Å². The summed E-state index contributed by atoms with van der Waals surface area (Å²) in [4.78, 5) is 35.9. The van der Waals surface area contributed by atoms with E-state index in [1.54, 1.807) is 19.1 Å².